The van der Waals surface area contributed by atoms with Crippen LogP contribution in [0.2, 0.25) is 0 Å². The normalized spacial score (nSPS) is 19.3. The zero-order valence-electron chi connectivity index (χ0n) is 11.9. The van der Waals surface area contributed by atoms with Gasteiger partial charge in [0.05, 0.1) is 18.2 Å². The molecular formula is C15H18F2N2O2. The van der Waals surface area contributed by atoms with Gasteiger partial charge in [-0.25, -0.2) is 8.78 Å². The Hall–Kier alpha value is -1.82. The maximum Gasteiger partial charge on any atom is 0.237 e. The largest absolute Gasteiger partial charge is 0.358 e. The van der Waals surface area contributed by atoms with E-state index < -0.39 is 17.4 Å². The number of benzene rings is 1. The quantitative estimate of drug-likeness (QED) is 0.861. The molecule has 114 valence electrons. The number of halogens is 2. The molecule has 0 spiro atoms. The van der Waals surface area contributed by atoms with Crippen molar-refractivity contribution in [3.05, 3.63) is 35.4 Å². The average Bonchev–Trinajstić information content (AvgIpc) is 2.46. The fraction of sp³-hybridized carbons (Fsp3) is 0.467. The molecule has 1 unspecified atom stereocenters. The van der Waals surface area contributed by atoms with E-state index in [1.54, 1.807) is 11.9 Å². The summed E-state index contributed by atoms with van der Waals surface area (Å²) in [6, 6.07) is 2.53. The van der Waals surface area contributed by atoms with Crippen molar-refractivity contribution in [1.29, 1.82) is 0 Å². The van der Waals surface area contributed by atoms with Crippen molar-refractivity contribution in [2.75, 3.05) is 20.1 Å². The summed E-state index contributed by atoms with van der Waals surface area (Å²) in [6.07, 6.45) is 2.50. The number of amides is 1. The number of piperidine rings is 1. The van der Waals surface area contributed by atoms with E-state index in [-0.39, 0.29) is 24.1 Å². The number of hydrogen-bond acceptors (Lipinski definition) is 3. The third-order valence-corrected chi connectivity index (χ3v) is 3.74. The molecule has 1 saturated heterocycles. The van der Waals surface area contributed by atoms with Crippen LogP contribution in [-0.2, 0) is 4.79 Å². The number of nitrogens with one attached hydrogen (secondary N) is 1. The summed E-state index contributed by atoms with van der Waals surface area (Å²) in [6.45, 7) is 0.577. The predicted molar refractivity (Wildman–Crippen MR) is 74.0 cm³/mol. The van der Waals surface area contributed by atoms with Crippen LogP contribution in [0.25, 0.3) is 0 Å². The first-order valence-corrected chi connectivity index (χ1v) is 6.97. The molecule has 1 amide bonds. The molecule has 1 fully saturated rings. The summed E-state index contributed by atoms with van der Waals surface area (Å²) in [5, 5.41) is 2.58. The molecular weight excluding hydrogens is 278 g/mol. The highest BCUT2D eigenvalue weighted by Gasteiger charge is 2.30. The molecule has 2 rings (SSSR count). The molecule has 0 bridgehead atoms. The lowest BCUT2D eigenvalue weighted by Gasteiger charge is -2.33. The molecule has 1 atom stereocenters. The van der Waals surface area contributed by atoms with Crippen LogP contribution in [0.5, 0.6) is 0 Å². The Balaban J connectivity index is 2.11. The Morgan fingerprint density at radius 1 is 1.33 bits per heavy atom. The lowest BCUT2D eigenvalue weighted by Crippen LogP contribution is -2.50. The minimum atomic E-state index is -0.867. The maximum atomic E-state index is 13.6. The van der Waals surface area contributed by atoms with Crippen LogP contribution >= 0.6 is 0 Å². The van der Waals surface area contributed by atoms with Gasteiger partial charge in [0.25, 0.3) is 0 Å². The molecule has 1 aliphatic rings. The van der Waals surface area contributed by atoms with Crippen LogP contribution in [0.15, 0.2) is 18.2 Å². The van der Waals surface area contributed by atoms with E-state index in [1.165, 1.54) is 0 Å². The minimum absolute atomic E-state index is 0.0410. The SMILES string of the molecule is CNC(=O)C1CCCCN1CC(=O)c1ccc(F)cc1F. The van der Waals surface area contributed by atoms with Gasteiger partial charge in [-0.15, -0.1) is 0 Å². The van der Waals surface area contributed by atoms with Crippen molar-refractivity contribution in [1.82, 2.24) is 10.2 Å². The molecule has 0 radical (unpaired) electrons. The highest BCUT2D eigenvalue weighted by Crippen LogP contribution is 2.18. The van der Waals surface area contributed by atoms with Crippen molar-refractivity contribution in [3.8, 4) is 0 Å². The van der Waals surface area contributed by atoms with Gasteiger partial charge in [-0.2, -0.15) is 0 Å². The van der Waals surface area contributed by atoms with Gasteiger partial charge in [0.2, 0.25) is 5.91 Å². The summed E-state index contributed by atoms with van der Waals surface area (Å²) in [4.78, 5) is 25.7. The van der Waals surface area contributed by atoms with Crippen LogP contribution in [-0.4, -0.2) is 42.8 Å². The molecule has 1 heterocycles. The molecule has 1 N–H and O–H groups in total. The van der Waals surface area contributed by atoms with Gasteiger partial charge < -0.3 is 5.32 Å². The van der Waals surface area contributed by atoms with Gasteiger partial charge in [-0.05, 0) is 31.5 Å². The predicted octanol–water partition coefficient (Wildman–Crippen LogP) is 1.75. The van der Waals surface area contributed by atoms with E-state index in [4.69, 9.17) is 0 Å². The molecule has 1 aliphatic heterocycles. The topological polar surface area (TPSA) is 49.4 Å². The van der Waals surface area contributed by atoms with Crippen LogP contribution in [0.3, 0.4) is 0 Å². The third-order valence-electron chi connectivity index (χ3n) is 3.74. The average molecular weight is 296 g/mol. The highest BCUT2D eigenvalue weighted by molar-refractivity contribution is 5.98. The second-order valence-corrected chi connectivity index (χ2v) is 5.14. The zero-order valence-corrected chi connectivity index (χ0v) is 11.9. The first-order valence-electron chi connectivity index (χ1n) is 6.97. The summed E-state index contributed by atoms with van der Waals surface area (Å²) in [5.74, 6) is -2.16. The van der Waals surface area contributed by atoms with Gasteiger partial charge in [-0.1, -0.05) is 6.42 Å². The van der Waals surface area contributed by atoms with E-state index in [9.17, 15) is 18.4 Å². The van der Waals surface area contributed by atoms with Gasteiger partial charge in [-0.3, -0.25) is 14.5 Å². The first kappa shape index (κ1) is 15.6. The number of ketones is 1. The minimum Gasteiger partial charge on any atom is -0.358 e. The summed E-state index contributed by atoms with van der Waals surface area (Å²) >= 11 is 0. The van der Waals surface area contributed by atoms with Crippen molar-refractivity contribution in [2.45, 2.75) is 25.3 Å². The Bertz CT molecular complexity index is 548. The van der Waals surface area contributed by atoms with E-state index in [0.29, 0.717) is 19.0 Å². The molecule has 0 aromatic heterocycles. The van der Waals surface area contributed by atoms with Gasteiger partial charge in [0.15, 0.2) is 5.78 Å². The number of likely N-dealkylation sites (tertiary alicyclic amines) is 1. The van der Waals surface area contributed by atoms with E-state index in [1.807, 2.05) is 0 Å². The van der Waals surface area contributed by atoms with Crippen LogP contribution in [0, 0.1) is 11.6 Å². The van der Waals surface area contributed by atoms with E-state index in [2.05, 4.69) is 5.32 Å². The monoisotopic (exact) mass is 296 g/mol. The van der Waals surface area contributed by atoms with Crippen molar-refractivity contribution >= 4 is 11.7 Å². The number of rotatable bonds is 4. The van der Waals surface area contributed by atoms with Crippen LogP contribution < -0.4 is 5.32 Å². The van der Waals surface area contributed by atoms with E-state index in [0.717, 1.165) is 25.0 Å². The molecule has 1 aromatic rings. The van der Waals surface area contributed by atoms with Crippen molar-refractivity contribution in [3.63, 3.8) is 0 Å². The number of likely N-dealkylation sites (N-methyl/N-ethyl adjacent to an activating group) is 1. The second-order valence-electron chi connectivity index (χ2n) is 5.14. The van der Waals surface area contributed by atoms with Crippen LogP contribution in [0.4, 0.5) is 8.78 Å². The summed E-state index contributed by atoms with van der Waals surface area (Å²) in [5.41, 5.74) is -0.141. The van der Waals surface area contributed by atoms with Gasteiger partial charge >= 0.3 is 0 Å². The standard InChI is InChI=1S/C15H18F2N2O2/c1-18-15(21)13-4-2-3-7-19(13)9-14(20)11-6-5-10(16)8-12(11)17/h5-6,8,13H,2-4,7,9H2,1H3,(H,18,21). The van der Waals surface area contributed by atoms with Crippen molar-refractivity contribution < 1.29 is 18.4 Å². The fourth-order valence-electron chi connectivity index (χ4n) is 2.63. The Morgan fingerprint density at radius 2 is 2.10 bits per heavy atom. The van der Waals surface area contributed by atoms with Crippen molar-refractivity contribution in [2.24, 2.45) is 0 Å². The molecule has 0 aliphatic carbocycles. The molecule has 4 nitrogen and oxygen atoms in total. The zero-order chi connectivity index (χ0) is 15.4. The number of nitrogens with zero attached hydrogens (tertiary/aromatic N) is 1. The maximum absolute atomic E-state index is 13.6. The number of carbonyl (C=O) groups is 2. The summed E-state index contributed by atoms with van der Waals surface area (Å²) < 4.78 is 26.5. The number of Topliss-reactive ketones (excluding diaryl/α,β-unsaturated/α-hetero) is 1. The lowest BCUT2D eigenvalue weighted by atomic mass is 10.00. The number of carbonyl (C=O) groups excluding carboxylic acids is 2. The molecule has 0 saturated carbocycles. The van der Waals surface area contributed by atoms with Gasteiger partial charge in [0, 0.05) is 13.1 Å². The Morgan fingerprint density at radius 3 is 2.76 bits per heavy atom. The Labute approximate surface area is 122 Å². The Kier molecular flexibility index (Phi) is 5.01. The smallest absolute Gasteiger partial charge is 0.237 e. The van der Waals surface area contributed by atoms with E-state index >= 15 is 0 Å². The third kappa shape index (κ3) is 3.64. The fourth-order valence-corrected chi connectivity index (χ4v) is 2.63. The van der Waals surface area contributed by atoms with Gasteiger partial charge in [0.1, 0.15) is 11.6 Å². The highest BCUT2D eigenvalue weighted by atomic mass is 19.1. The molecule has 6 heteroatoms. The summed E-state index contributed by atoms with van der Waals surface area (Å²) in [7, 11) is 1.55. The second kappa shape index (κ2) is 6.76. The van der Waals surface area contributed by atoms with Crippen LogP contribution in [0.1, 0.15) is 29.6 Å². The molecule has 1 aromatic carbocycles. The molecule has 21 heavy (non-hydrogen) atoms. The first-order chi connectivity index (χ1) is 10.0. The lowest BCUT2D eigenvalue weighted by molar-refractivity contribution is -0.126. The number of hydrogen-bond donors (Lipinski definition) is 1.